The van der Waals surface area contributed by atoms with Crippen molar-refractivity contribution in [1.82, 2.24) is 25.0 Å². The van der Waals surface area contributed by atoms with Crippen LogP contribution in [0.4, 0.5) is 10.2 Å². The van der Waals surface area contributed by atoms with Gasteiger partial charge in [0.2, 0.25) is 0 Å². The number of rotatable bonds is 9. The van der Waals surface area contributed by atoms with E-state index in [9.17, 15) is 4.39 Å². The minimum absolute atomic E-state index is 0.0493. The fourth-order valence-corrected chi connectivity index (χ4v) is 4.73. The second kappa shape index (κ2) is 10.8. The summed E-state index contributed by atoms with van der Waals surface area (Å²) in [7, 11) is 0. The Morgan fingerprint density at radius 3 is 2.73 bits per heavy atom. The number of aromatic amines is 2. The first kappa shape index (κ1) is 25.0. The molecule has 1 aliphatic carbocycles. The van der Waals surface area contributed by atoms with Gasteiger partial charge in [-0.25, -0.2) is 14.4 Å². The number of fused-ring (bicyclic) bond motifs is 1. The van der Waals surface area contributed by atoms with E-state index in [0.717, 1.165) is 60.9 Å². The third-order valence-corrected chi connectivity index (χ3v) is 7.12. The van der Waals surface area contributed by atoms with E-state index in [-0.39, 0.29) is 12.5 Å². The van der Waals surface area contributed by atoms with Gasteiger partial charge in [0, 0.05) is 72.6 Å². The Bertz CT molecular complexity index is 1330. The summed E-state index contributed by atoms with van der Waals surface area (Å²) in [5, 5.41) is 11.5. The quantitative estimate of drug-likeness (QED) is 0.292. The van der Waals surface area contributed by atoms with Gasteiger partial charge in [-0.15, -0.1) is 0 Å². The summed E-state index contributed by atoms with van der Waals surface area (Å²) in [5.74, 6) is 2.72. The molecule has 0 atom stereocenters. The maximum Gasteiger partial charge on any atom is 0.181 e. The van der Waals surface area contributed by atoms with Crippen LogP contribution in [-0.2, 0) is 0 Å². The summed E-state index contributed by atoms with van der Waals surface area (Å²) in [5.41, 5.74) is 3.42. The Hall–Kier alpha value is -3.66. The number of aryl methyl sites for hydroxylation is 2. The molecule has 10 heteroatoms. The number of nitrogens with one attached hydrogen (secondary N) is 3. The number of likely N-dealkylation sites (N-methyl/N-ethyl adjacent to an activating group) is 1. The number of aliphatic imine (C=N–C) groups is 2. The number of benzene rings is 1. The average Bonchev–Trinajstić information content (AvgIpc) is 3.52. The first-order valence-corrected chi connectivity index (χ1v) is 12.9. The van der Waals surface area contributed by atoms with E-state index < -0.39 is 0 Å². The highest BCUT2D eigenvalue weighted by Crippen LogP contribution is 2.39. The Labute approximate surface area is 216 Å². The number of aromatic nitrogens is 3. The van der Waals surface area contributed by atoms with Crippen LogP contribution >= 0.6 is 0 Å². The number of amidine groups is 1. The topological polar surface area (TPSA) is 96.9 Å². The number of H-pyrrole nitrogens is 2. The van der Waals surface area contributed by atoms with Gasteiger partial charge in [-0.05, 0) is 46.0 Å². The number of hydrogen-bond acceptors (Lipinski definition) is 6. The molecule has 0 bridgehead atoms. The molecule has 0 amide bonds. The molecule has 1 aromatic carbocycles. The zero-order chi connectivity index (χ0) is 25.9. The van der Waals surface area contributed by atoms with Gasteiger partial charge in [0.1, 0.15) is 17.4 Å². The Morgan fingerprint density at radius 1 is 1.24 bits per heavy atom. The minimum Gasteiger partial charge on any atom is -0.471 e. The lowest BCUT2D eigenvalue weighted by atomic mass is 10.1. The van der Waals surface area contributed by atoms with Crippen molar-refractivity contribution in [2.75, 3.05) is 44.8 Å². The minimum atomic E-state index is -0.338. The third kappa shape index (κ3) is 5.69. The molecule has 3 heterocycles. The van der Waals surface area contributed by atoms with Gasteiger partial charge < -0.3 is 24.8 Å². The van der Waals surface area contributed by atoms with E-state index in [4.69, 9.17) is 9.73 Å². The molecule has 2 aliphatic rings. The molecule has 5 rings (SSSR count). The number of nitrogens with zero attached hydrogens (tertiary/aromatic N) is 5. The third-order valence-electron chi connectivity index (χ3n) is 7.12. The second-order valence-electron chi connectivity index (χ2n) is 9.73. The number of anilines is 1. The zero-order valence-electron chi connectivity index (χ0n) is 21.8. The lowest BCUT2D eigenvalue weighted by Gasteiger charge is -2.35. The standard InChI is InChI=1S/C27H35FN8O/c1-5-35-8-10-36(11-9-35)26(15-24(29-4)32-25-14-22(33-34-25)19-6-7-19)30-16-37-23-13-21(28)27-20(18(23)3)12-17(2)31-27/h12-15,19,31H,4-11,16H2,1-3H3,(H2,32,33,34)/b24-15+,30-26+. The Balaban J connectivity index is 1.36. The fourth-order valence-electron chi connectivity index (χ4n) is 4.73. The van der Waals surface area contributed by atoms with Crippen molar-refractivity contribution >= 4 is 29.3 Å². The van der Waals surface area contributed by atoms with Crippen molar-refractivity contribution in [3.63, 3.8) is 0 Å². The van der Waals surface area contributed by atoms with Crippen LogP contribution in [0.15, 0.2) is 40.1 Å². The number of halogens is 1. The van der Waals surface area contributed by atoms with E-state index in [1.807, 2.05) is 32.1 Å². The highest BCUT2D eigenvalue weighted by molar-refractivity contribution is 5.94. The van der Waals surface area contributed by atoms with Crippen LogP contribution in [0, 0.1) is 19.7 Å². The van der Waals surface area contributed by atoms with E-state index in [1.54, 1.807) is 0 Å². The largest absolute Gasteiger partial charge is 0.471 e. The monoisotopic (exact) mass is 506 g/mol. The molecule has 196 valence electrons. The molecule has 0 radical (unpaired) electrons. The van der Waals surface area contributed by atoms with Crippen molar-refractivity contribution in [1.29, 1.82) is 0 Å². The first-order chi connectivity index (χ1) is 17.9. The molecule has 1 aliphatic heterocycles. The summed E-state index contributed by atoms with van der Waals surface area (Å²) in [6, 6.07) is 5.38. The first-order valence-electron chi connectivity index (χ1n) is 12.9. The molecule has 2 fully saturated rings. The molecule has 9 nitrogen and oxygen atoms in total. The molecule has 37 heavy (non-hydrogen) atoms. The molecule has 2 aromatic heterocycles. The van der Waals surface area contributed by atoms with Gasteiger partial charge in [-0.1, -0.05) is 6.92 Å². The van der Waals surface area contributed by atoms with Gasteiger partial charge in [0.15, 0.2) is 18.4 Å². The van der Waals surface area contributed by atoms with Crippen molar-refractivity contribution in [3.05, 3.63) is 52.9 Å². The van der Waals surface area contributed by atoms with Crippen LogP contribution in [0.3, 0.4) is 0 Å². The van der Waals surface area contributed by atoms with Gasteiger partial charge in [-0.3, -0.25) is 5.10 Å². The molecule has 3 N–H and O–H groups in total. The van der Waals surface area contributed by atoms with Crippen molar-refractivity contribution in [2.24, 2.45) is 9.98 Å². The summed E-state index contributed by atoms with van der Waals surface area (Å²) in [6.45, 7) is 14.4. The van der Waals surface area contributed by atoms with Crippen LogP contribution in [0.25, 0.3) is 10.9 Å². The highest BCUT2D eigenvalue weighted by atomic mass is 19.1. The number of piperazine rings is 1. The highest BCUT2D eigenvalue weighted by Gasteiger charge is 2.25. The molecule has 0 spiro atoms. The van der Waals surface area contributed by atoms with E-state index in [2.05, 4.69) is 48.9 Å². The Kier molecular flexibility index (Phi) is 7.27. The number of hydrogen-bond donors (Lipinski definition) is 3. The van der Waals surface area contributed by atoms with E-state index in [0.29, 0.717) is 28.8 Å². The van der Waals surface area contributed by atoms with E-state index >= 15 is 0 Å². The maximum atomic E-state index is 14.7. The van der Waals surface area contributed by atoms with Crippen molar-refractivity contribution in [2.45, 2.75) is 39.5 Å². The SMILES string of the molecule is C=N/C(=C\C(=N/COc1cc(F)c2[nH]c(C)cc2c1C)N1CCN(CC)CC1)Nc1cc(C2CC2)[nH]n1. The van der Waals surface area contributed by atoms with Crippen LogP contribution in [0.2, 0.25) is 0 Å². The molecule has 1 saturated heterocycles. The van der Waals surface area contributed by atoms with Crippen LogP contribution in [-0.4, -0.2) is 77.0 Å². The molecule has 3 aromatic rings. The van der Waals surface area contributed by atoms with Gasteiger partial charge in [0.25, 0.3) is 0 Å². The van der Waals surface area contributed by atoms with Crippen molar-refractivity contribution < 1.29 is 9.13 Å². The summed E-state index contributed by atoms with van der Waals surface area (Å²) >= 11 is 0. The lowest BCUT2D eigenvalue weighted by molar-refractivity contribution is 0.189. The van der Waals surface area contributed by atoms with Gasteiger partial charge in [0.05, 0.1) is 5.52 Å². The predicted molar refractivity (Wildman–Crippen MR) is 146 cm³/mol. The number of ether oxygens (including phenoxy) is 1. The van der Waals surface area contributed by atoms with Crippen molar-refractivity contribution in [3.8, 4) is 5.75 Å². The lowest BCUT2D eigenvalue weighted by Crippen LogP contribution is -2.48. The predicted octanol–water partition coefficient (Wildman–Crippen LogP) is 4.55. The van der Waals surface area contributed by atoms with Crippen LogP contribution in [0.5, 0.6) is 5.75 Å². The molecular formula is C27H35FN8O. The average molecular weight is 507 g/mol. The summed E-state index contributed by atoms with van der Waals surface area (Å²) < 4.78 is 20.6. The summed E-state index contributed by atoms with van der Waals surface area (Å²) in [4.78, 5) is 16.6. The van der Waals surface area contributed by atoms with Crippen LogP contribution in [0.1, 0.15) is 42.6 Å². The molecule has 1 saturated carbocycles. The molecule has 0 unspecified atom stereocenters. The van der Waals surface area contributed by atoms with E-state index in [1.165, 1.54) is 18.9 Å². The van der Waals surface area contributed by atoms with Crippen LogP contribution < -0.4 is 10.1 Å². The smallest absolute Gasteiger partial charge is 0.181 e. The zero-order valence-corrected chi connectivity index (χ0v) is 21.8. The molecular weight excluding hydrogens is 471 g/mol. The maximum absolute atomic E-state index is 14.7. The van der Waals surface area contributed by atoms with Gasteiger partial charge >= 0.3 is 0 Å². The summed E-state index contributed by atoms with van der Waals surface area (Å²) in [6.07, 6.45) is 4.27. The Morgan fingerprint density at radius 2 is 2.03 bits per heavy atom. The normalized spacial score (nSPS) is 17.5. The second-order valence-corrected chi connectivity index (χ2v) is 9.73. The van der Waals surface area contributed by atoms with Gasteiger partial charge in [-0.2, -0.15) is 5.10 Å². The fraction of sp³-hybridized carbons (Fsp3) is 0.444.